The molecular weight excluding hydrogens is 418 g/mol. The highest BCUT2D eigenvalue weighted by molar-refractivity contribution is 5.88. The van der Waals surface area contributed by atoms with Crippen molar-refractivity contribution in [3.05, 3.63) is 116 Å². The number of rotatable bonds is 3. The van der Waals surface area contributed by atoms with E-state index in [1.807, 2.05) is 49.1 Å². The zero-order valence-corrected chi connectivity index (χ0v) is 18.2. The Morgan fingerprint density at radius 1 is 0.588 bits per heavy atom. The molecule has 0 saturated carbocycles. The summed E-state index contributed by atoms with van der Waals surface area (Å²) in [6.45, 7) is 0. The summed E-state index contributed by atoms with van der Waals surface area (Å²) in [5.74, 6) is 0. The number of hydrogen-bond donors (Lipinski definition) is 0. The monoisotopic (exact) mass is 437 g/mol. The molecule has 0 spiro atoms. The lowest BCUT2D eigenvalue weighted by atomic mass is 10.0. The molecule has 0 fully saturated rings. The van der Waals surface area contributed by atoms with Gasteiger partial charge in [-0.05, 0) is 41.5 Å². The van der Waals surface area contributed by atoms with E-state index in [0.717, 1.165) is 44.8 Å². The first-order chi connectivity index (χ1) is 16.8. The molecule has 5 nitrogen and oxygen atoms in total. The number of pyridine rings is 2. The minimum absolute atomic E-state index is 0.839. The van der Waals surface area contributed by atoms with Crippen LogP contribution in [0.5, 0.6) is 0 Å². The predicted molar refractivity (Wildman–Crippen MR) is 136 cm³/mol. The van der Waals surface area contributed by atoms with Gasteiger partial charge in [0.1, 0.15) is 11.2 Å². The first-order valence-electron chi connectivity index (χ1n) is 11.2. The Morgan fingerprint density at radius 3 is 2.29 bits per heavy atom. The number of nitrogens with zero attached hydrogens (tertiary/aromatic N) is 5. The molecule has 5 aromatic heterocycles. The van der Waals surface area contributed by atoms with Gasteiger partial charge < -0.3 is 0 Å². The van der Waals surface area contributed by atoms with Crippen molar-refractivity contribution in [3.63, 3.8) is 0 Å². The summed E-state index contributed by atoms with van der Waals surface area (Å²) in [4.78, 5) is 14.3. The van der Waals surface area contributed by atoms with E-state index in [1.54, 1.807) is 0 Å². The molecule has 0 amide bonds. The molecule has 0 saturated heterocycles. The van der Waals surface area contributed by atoms with Crippen LogP contribution in [0.2, 0.25) is 0 Å². The molecule has 2 aromatic carbocycles. The largest absolute Gasteiger partial charge is 0.300 e. The van der Waals surface area contributed by atoms with Crippen molar-refractivity contribution in [1.82, 2.24) is 23.8 Å². The van der Waals surface area contributed by atoms with E-state index < -0.39 is 0 Å². The van der Waals surface area contributed by atoms with Crippen molar-refractivity contribution in [2.45, 2.75) is 0 Å². The quantitative estimate of drug-likeness (QED) is 0.316. The number of benzene rings is 2. The molecule has 0 aliphatic rings. The standard InChI is InChI=1S/C29H19N5/c1-2-6-20(7-3-1)21-11-13-22(14-12-21)28-26-9-5-16-34(26)29-24(32-28)18-23(19-31-29)25-8-4-10-27-30-15-17-33(25)27/h1-19H. The van der Waals surface area contributed by atoms with E-state index in [0.29, 0.717) is 0 Å². The maximum absolute atomic E-state index is 5.09. The van der Waals surface area contributed by atoms with Crippen LogP contribution in [0.4, 0.5) is 0 Å². The van der Waals surface area contributed by atoms with E-state index in [-0.39, 0.29) is 0 Å². The highest BCUT2D eigenvalue weighted by Crippen LogP contribution is 2.30. The first-order valence-corrected chi connectivity index (χ1v) is 11.2. The van der Waals surface area contributed by atoms with Crippen LogP contribution in [0.3, 0.4) is 0 Å². The summed E-state index contributed by atoms with van der Waals surface area (Å²) >= 11 is 0. The Hall–Kier alpha value is -4.77. The van der Waals surface area contributed by atoms with Gasteiger partial charge in [-0.15, -0.1) is 0 Å². The van der Waals surface area contributed by atoms with Crippen LogP contribution in [-0.2, 0) is 0 Å². The van der Waals surface area contributed by atoms with Gasteiger partial charge in [0.25, 0.3) is 0 Å². The molecule has 0 bridgehead atoms. The maximum Gasteiger partial charge on any atom is 0.163 e. The van der Waals surface area contributed by atoms with Gasteiger partial charge in [-0.2, -0.15) is 0 Å². The highest BCUT2D eigenvalue weighted by Gasteiger charge is 2.13. The lowest BCUT2D eigenvalue weighted by Gasteiger charge is -2.11. The third-order valence-electron chi connectivity index (χ3n) is 6.29. The molecule has 0 aliphatic carbocycles. The average molecular weight is 438 g/mol. The van der Waals surface area contributed by atoms with Gasteiger partial charge in [0.15, 0.2) is 5.65 Å². The molecule has 0 aliphatic heterocycles. The average Bonchev–Trinajstić information content (AvgIpc) is 3.59. The second-order valence-electron chi connectivity index (χ2n) is 8.30. The lowest BCUT2D eigenvalue weighted by molar-refractivity contribution is 1.15. The van der Waals surface area contributed by atoms with Gasteiger partial charge in [0.05, 0.1) is 16.9 Å². The fraction of sp³-hybridized carbons (Fsp3) is 0. The van der Waals surface area contributed by atoms with Crippen LogP contribution in [0.15, 0.2) is 116 Å². The van der Waals surface area contributed by atoms with E-state index >= 15 is 0 Å². The SMILES string of the molecule is c1ccc(-c2ccc(-c3nc4cc(-c5cccc6nccn56)cnc4n4cccc34)cc2)cc1. The number of imidazole rings is 1. The van der Waals surface area contributed by atoms with E-state index in [4.69, 9.17) is 9.97 Å². The Labute approximate surface area is 195 Å². The van der Waals surface area contributed by atoms with Crippen molar-refractivity contribution in [3.8, 4) is 33.6 Å². The number of hydrogen-bond acceptors (Lipinski definition) is 3. The fourth-order valence-corrected chi connectivity index (χ4v) is 4.64. The molecule has 5 heterocycles. The van der Waals surface area contributed by atoms with Gasteiger partial charge in [-0.25, -0.2) is 15.0 Å². The van der Waals surface area contributed by atoms with Crippen LogP contribution < -0.4 is 0 Å². The van der Waals surface area contributed by atoms with Crippen molar-refractivity contribution >= 4 is 22.3 Å². The molecule has 7 rings (SSSR count). The highest BCUT2D eigenvalue weighted by atomic mass is 15.0. The van der Waals surface area contributed by atoms with Crippen molar-refractivity contribution < 1.29 is 0 Å². The van der Waals surface area contributed by atoms with Crippen LogP contribution in [0, 0.1) is 0 Å². The zero-order chi connectivity index (χ0) is 22.5. The van der Waals surface area contributed by atoms with Gasteiger partial charge in [0, 0.05) is 35.9 Å². The van der Waals surface area contributed by atoms with Crippen molar-refractivity contribution in [1.29, 1.82) is 0 Å². The maximum atomic E-state index is 5.09. The smallest absolute Gasteiger partial charge is 0.163 e. The Morgan fingerprint density at radius 2 is 1.41 bits per heavy atom. The van der Waals surface area contributed by atoms with Crippen LogP contribution in [0.1, 0.15) is 0 Å². The molecule has 7 aromatic rings. The fourth-order valence-electron chi connectivity index (χ4n) is 4.64. The summed E-state index contributed by atoms with van der Waals surface area (Å²) in [6.07, 6.45) is 7.74. The predicted octanol–water partition coefficient (Wildman–Crippen LogP) is 6.53. The van der Waals surface area contributed by atoms with Crippen molar-refractivity contribution in [2.24, 2.45) is 0 Å². The number of aromatic nitrogens is 5. The van der Waals surface area contributed by atoms with Gasteiger partial charge in [-0.1, -0.05) is 60.7 Å². The van der Waals surface area contributed by atoms with Gasteiger partial charge in [0.2, 0.25) is 0 Å². The first kappa shape index (κ1) is 18.8. The molecule has 0 radical (unpaired) electrons. The lowest BCUT2D eigenvalue weighted by Crippen LogP contribution is -1.98. The molecular formula is C29H19N5. The van der Waals surface area contributed by atoms with Crippen LogP contribution >= 0.6 is 0 Å². The minimum atomic E-state index is 0.839. The Bertz CT molecular complexity index is 1790. The van der Waals surface area contributed by atoms with Crippen molar-refractivity contribution in [2.75, 3.05) is 0 Å². The minimum Gasteiger partial charge on any atom is -0.300 e. The Kier molecular flexibility index (Phi) is 4.08. The normalized spacial score (nSPS) is 11.5. The summed E-state index contributed by atoms with van der Waals surface area (Å²) in [5.41, 5.74) is 10.1. The van der Waals surface area contributed by atoms with E-state index in [9.17, 15) is 0 Å². The number of fused-ring (bicyclic) bond motifs is 4. The summed E-state index contributed by atoms with van der Waals surface area (Å²) in [6, 6.07) is 31.4. The summed E-state index contributed by atoms with van der Waals surface area (Å²) in [7, 11) is 0. The summed E-state index contributed by atoms with van der Waals surface area (Å²) < 4.78 is 4.19. The summed E-state index contributed by atoms with van der Waals surface area (Å²) in [5, 5.41) is 0. The zero-order valence-electron chi connectivity index (χ0n) is 18.2. The second kappa shape index (κ2) is 7.39. The van der Waals surface area contributed by atoms with Crippen LogP contribution in [0.25, 0.3) is 56.0 Å². The molecule has 160 valence electrons. The van der Waals surface area contributed by atoms with Gasteiger partial charge >= 0.3 is 0 Å². The molecule has 34 heavy (non-hydrogen) atoms. The van der Waals surface area contributed by atoms with Crippen LogP contribution in [-0.4, -0.2) is 23.8 Å². The van der Waals surface area contributed by atoms with Gasteiger partial charge in [-0.3, -0.25) is 8.80 Å². The van der Waals surface area contributed by atoms with E-state index in [1.165, 1.54) is 11.1 Å². The topological polar surface area (TPSA) is 47.5 Å². The second-order valence-corrected chi connectivity index (χ2v) is 8.30. The Balaban J connectivity index is 1.40. The molecule has 5 heteroatoms. The third kappa shape index (κ3) is 2.91. The molecule has 0 atom stereocenters. The third-order valence-corrected chi connectivity index (χ3v) is 6.29. The molecule has 0 unspecified atom stereocenters. The molecule has 0 N–H and O–H groups in total. The van der Waals surface area contributed by atoms with E-state index in [2.05, 4.69) is 80.5 Å².